The lowest BCUT2D eigenvalue weighted by Crippen LogP contribution is -1.98. The van der Waals surface area contributed by atoms with Crippen molar-refractivity contribution in [1.82, 2.24) is 4.57 Å². The van der Waals surface area contributed by atoms with Gasteiger partial charge in [0.05, 0.1) is 0 Å². The van der Waals surface area contributed by atoms with Gasteiger partial charge in [-0.15, -0.1) is 16.8 Å². The average Bonchev–Trinajstić information content (AvgIpc) is 2.90. The monoisotopic (exact) mass is 383 g/mol. The van der Waals surface area contributed by atoms with Crippen molar-refractivity contribution in [3.05, 3.63) is 71.3 Å². The minimum absolute atomic E-state index is 0.108. The fourth-order valence-corrected chi connectivity index (χ4v) is 2.77. The summed E-state index contributed by atoms with van der Waals surface area (Å²) in [5.41, 5.74) is 0.315. The lowest BCUT2D eigenvalue weighted by molar-refractivity contribution is 0.0947. The van der Waals surface area contributed by atoms with E-state index in [2.05, 4.69) is 16.8 Å². The molecule has 0 saturated carbocycles. The number of benzene rings is 2. The highest BCUT2D eigenvalue weighted by atomic mass is 35.5. The average molecular weight is 384 g/mol. The molecular weight excluding hydrogens is 370 g/mol. The summed E-state index contributed by atoms with van der Waals surface area (Å²) in [5.74, 6) is -1.81. The van der Waals surface area contributed by atoms with Gasteiger partial charge in [-0.05, 0) is 36.4 Å². The van der Waals surface area contributed by atoms with Crippen LogP contribution in [0.4, 0.5) is 0 Å². The molecular formula is C19H14ClN3O4. The van der Waals surface area contributed by atoms with Gasteiger partial charge in [-0.3, -0.25) is 14.2 Å². The van der Waals surface area contributed by atoms with Crippen LogP contribution in [0.5, 0.6) is 11.8 Å². The smallest absolute Gasteiger partial charge is 0.295 e. The molecule has 0 saturated heterocycles. The van der Waals surface area contributed by atoms with E-state index in [4.69, 9.17) is 11.6 Å². The molecule has 0 aliphatic carbocycles. The van der Waals surface area contributed by atoms with Crippen LogP contribution in [0.1, 0.15) is 20.7 Å². The number of aromatic nitrogens is 1. The van der Waals surface area contributed by atoms with Crippen molar-refractivity contribution in [2.24, 2.45) is 10.2 Å². The molecule has 27 heavy (non-hydrogen) atoms. The number of aromatic hydroxyl groups is 2. The first-order valence-electron chi connectivity index (χ1n) is 7.83. The Balaban J connectivity index is 1.88. The van der Waals surface area contributed by atoms with Crippen LogP contribution >= 0.6 is 11.6 Å². The van der Waals surface area contributed by atoms with Gasteiger partial charge in [0, 0.05) is 33.5 Å². The number of rotatable bonds is 4. The molecule has 0 aliphatic heterocycles. The molecule has 0 aliphatic rings. The zero-order chi connectivity index (χ0) is 19.6. The van der Waals surface area contributed by atoms with Crippen LogP contribution in [0.3, 0.4) is 0 Å². The van der Waals surface area contributed by atoms with Crippen LogP contribution < -0.4 is 0 Å². The summed E-state index contributed by atoms with van der Waals surface area (Å²) in [5, 5.41) is 28.2. The Labute approximate surface area is 158 Å². The molecule has 1 heterocycles. The van der Waals surface area contributed by atoms with E-state index >= 15 is 0 Å². The molecule has 3 rings (SSSR count). The number of amides is 2. The number of carbonyl (C=O) groups excluding carboxylic acids is 2. The fraction of sp³-hybridized carbons (Fsp3) is 0.0526. The van der Waals surface area contributed by atoms with Gasteiger partial charge in [0.2, 0.25) is 11.8 Å². The summed E-state index contributed by atoms with van der Waals surface area (Å²) < 4.78 is 1.25. The first-order chi connectivity index (χ1) is 12.9. The van der Waals surface area contributed by atoms with Gasteiger partial charge >= 0.3 is 0 Å². The molecule has 1 aromatic heterocycles. The van der Waals surface area contributed by atoms with Crippen LogP contribution in [-0.4, -0.2) is 26.6 Å². The fourth-order valence-electron chi connectivity index (χ4n) is 2.58. The molecule has 2 aromatic carbocycles. The second-order valence-corrected chi connectivity index (χ2v) is 6.06. The lowest BCUT2D eigenvalue weighted by atomic mass is 10.1. The Morgan fingerprint density at radius 1 is 1.00 bits per heavy atom. The minimum atomic E-state index is -0.761. The topological polar surface area (TPSA) is 104 Å². The number of fused-ring (bicyclic) bond motifs is 1. The summed E-state index contributed by atoms with van der Waals surface area (Å²) in [6.45, 7) is 3.76. The lowest BCUT2D eigenvalue weighted by Gasteiger charge is -2.01. The quantitative estimate of drug-likeness (QED) is 0.517. The van der Waals surface area contributed by atoms with Gasteiger partial charge in [0.25, 0.3) is 11.8 Å². The van der Waals surface area contributed by atoms with Crippen molar-refractivity contribution in [2.75, 3.05) is 0 Å². The third-order valence-electron chi connectivity index (χ3n) is 3.87. The molecule has 3 aromatic rings. The first-order valence-corrected chi connectivity index (χ1v) is 8.21. The molecule has 136 valence electrons. The van der Waals surface area contributed by atoms with Crippen LogP contribution in [0.25, 0.3) is 10.8 Å². The van der Waals surface area contributed by atoms with E-state index in [0.29, 0.717) is 10.4 Å². The molecule has 0 radical (unpaired) electrons. The van der Waals surface area contributed by atoms with Crippen molar-refractivity contribution in [3.63, 3.8) is 0 Å². The van der Waals surface area contributed by atoms with E-state index < -0.39 is 11.8 Å². The van der Waals surface area contributed by atoms with Crippen molar-refractivity contribution in [3.8, 4) is 11.8 Å². The second-order valence-electron chi connectivity index (χ2n) is 5.63. The van der Waals surface area contributed by atoms with Gasteiger partial charge in [-0.25, -0.2) is 0 Å². The predicted molar refractivity (Wildman–Crippen MR) is 100 cm³/mol. The van der Waals surface area contributed by atoms with Crippen LogP contribution in [-0.2, 0) is 6.54 Å². The highest BCUT2D eigenvalue weighted by molar-refractivity contribution is 6.31. The van der Waals surface area contributed by atoms with Crippen molar-refractivity contribution in [2.45, 2.75) is 6.54 Å². The Kier molecular flexibility index (Phi) is 5.05. The Morgan fingerprint density at radius 2 is 1.63 bits per heavy atom. The predicted octanol–water partition coefficient (Wildman–Crippen LogP) is 4.32. The molecule has 8 heteroatoms. The standard InChI is InChI=1S/C19H14ClN3O4/c1-2-8-23-18(26)14-7-6-12(10-15(14)19(23)27)17(25)22-21-16(24)11-4-3-5-13(20)9-11/h2-7,9-10,26-27H,1,8H2. The molecule has 7 nitrogen and oxygen atoms in total. The number of nitrogens with zero attached hydrogens (tertiary/aromatic N) is 3. The molecule has 0 fully saturated rings. The number of hydrogen-bond donors (Lipinski definition) is 2. The largest absolute Gasteiger partial charge is 0.494 e. The first kappa shape index (κ1) is 18.3. The summed E-state index contributed by atoms with van der Waals surface area (Å²) in [4.78, 5) is 24.2. The van der Waals surface area contributed by atoms with Crippen LogP contribution in [0.15, 0.2) is 65.3 Å². The molecule has 0 bridgehead atoms. The number of carbonyl (C=O) groups is 2. The highest BCUT2D eigenvalue weighted by Gasteiger charge is 2.17. The number of halogens is 1. The molecule has 0 atom stereocenters. The Bertz CT molecular complexity index is 1100. The molecule has 0 unspecified atom stereocenters. The maximum absolute atomic E-state index is 12.2. The van der Waals surface area contributed by atoms with E-state index in [1.807, 2.05) is 0 Å². The second kappa shape index (κ2) is 7.43. The van der Waals surface area contributed by atoms with Crippen LogP contribution in [0, 0.1) is 0 Å². The van der Waals surface area contributed by atoms with Crippen molar-refractivity contribution >= 4 is 34.2 Å². The third kappa shape index (κ3) is 3.58. The van der Waals surface area contributed by atoms with Gasteiger partial charge < -0.3 is 10.2 Å². The summed E-state index contributed by atoms with van der Waals surface area (Å²) in [6.07, 6.45) is 1.51. The van der Waals surface area contributed by atoms with E-state index in [1.165, 1.54) is 41.0 Å². The zero-order valence-electron chi connectivity index (χ0n) is 14.0. The maximum Gasteiger partial charge on any atom is 0.295 e. The highest BCUT2D eigenvalue weighted by Crippen LogP contribution is 2.36. The SMILES string of the molecule is C=CCn1c(O)c2ccc(C(=O)N=NC(=O)c3cccc(Cl)c3)cc2c1O. The molecule has 2 N–H and O–H groups in total. The maximum atomic E-state index is 12.2. The van der Waals surface area contributed by atoms with Gasteiger partial charge in [-0.2, -0.15) is 0 Å². The van der Waals surface area contributed by atoms with Crippen molar-refractivity contribution in [1.29, 1.82) is 0 Å². The normalized spacial score (nSPS) is 11.1. The summed E-state index contributed by atoms with van der Waals surface area (Å²) >= 11 is 5.81. The molecule has 0 spiro atoms. The third-order valence-corrected chi connectivity index (χ3v) is 4.11. The zero-order valence-corrected chi connectivity index (χ0v) is 14.7. The summed E-state index contributed by atoms with van der Waals surface area (Å²) in [6, 6.07) is 10.4. The minimum Gasteiger partial charge on any atom is -0.494 e. The van der Waals surface area contributed by atoms with E-state index in [0.717, 1.165) is 0 Å². The molecule has 2 amide bonds. The van der Waals surface area contributed by atoms with Gasteiger partial charge in [0.15, 0.2) is 0 Å². The number of hydrogen-bond acceptors (Lipinski definition) is 4. The van der Waals surface area contributed by atoms with Gasteiger partial charge in [-0.1, -0.05) is 23.7 Å². The van der Waals surface area contributed by atoms with Gasteiger partial charge in [0.1, 0.15) is 0 Å². The van der Waals surface area contributed by atoms with E-state index in [1.54, 1.807) is 12.1 Å². The van der Waals surface area contributed by atoms with E-state index in [9.17, 15) is 19.8 Å². The number of azo groups is 1. The number of allylic oxidation sites excluding steroid dienone is 1. The summed E-state index contributed by atoms with van der Waals surface area (Å²) in [7, 11) is 0. The van der Waals surface area contributed by atoms with Crippen LogP contribution in [0.2, 0.25) is 5.02 Å². The van der Waals surface area contributed by atoms with E-state index in [-0.39, 0.29) is 34.8 Å². The Hall–Kier alpha value is -3.45. The van der Waals surface area contributed by atoms with Crippen molar-refractivity contribution < 1.29 is 19.8 Å². The Morgan fingerprint density at radius 3 is 2.26 bits per heavy atom.